The number of anilines is 3. The minimum absolute atomic E-state index is 0.400. The quantitative estimate of drug-likeness (QED) is 0.884. The van der Waals surface area contributed by atoms with Crippen LogP contribution in [-0.4, -0.2) is 18.1 Å². The maximum absolute atomic E-state index is 11.4. The first-order chi connectivity index (χ1) is 10.1. The van der Waals surface area contributed by atoms with Gasteiger partial charge in [-0.1, -0.05) is 6.07 Å². The third-order valence-electron chi connectivity index (χ3n) is 3.61. The van der Waals surface area contributed by atoms with Crippen LogP contribution in [0.15, 0.2) is 42.5 Å². The Morgan fingerprint density at radius 1 is 1.19 bits per heavy atom. The molecule has 1 unspecified atom stereocenters. The van der Waals surface area contributed by atoms with Crippen molar-refractivity contribution in [3.63, 3.8) is 0 Å². The number of nitriles is 1. The molecular weight excluding hydrogens is 266 g/mol. The van der Waals surface area contributed by atoms with Gasteiger partial charge in [0.15, 0.2) is 6.10 Å². The molecule has 2 aromatic carbocycles. The monoisotopic (exact) mass is 279 g/mol. The van der Waals surface area contributed by atoms with Crippen LogP contribution >= 0.6 is 0 Å². The molecule has 1 aliphatic rings. The van der Waals surface area contributed by atoms with Crippen molar-refractivity contribution < 1.29 is 9.90 Å². The minimum Gasteiger partial charge on any atom is -0.378 e. The lowest BCUT2D eigenvalue weighted by Gasteiger charge is -2.20. The average Bonchev–Trinajstić information content (AvgIpc) is 2.81. The SMILES string of the molecule is CN(c1ccc(C#N)cc1)c1ccc2c(c1)NC(=O)C2O. The van der Waals surface area contributed by atoms with Crippen LogP contribution in [0.25, 0.3) is 0 Å². The molecular formula is C16H13N3O2. The van der Waals surface area contributed by atoms with Crippen molar-refractivity contribution in [3.05, 3.63) is 53.6 Å². The highest BCUT2D eigenvalue weighted by atomic mass is 16.3. The second-order valence-electron chi connectivity index (χ2n) is 4.88. The molecule has 3 rings (SSSR count). The summed E-state index contributed by atoms with van der Waals surface area (Å²) in [6, 6.07) is 14.7. The summed E-state index contributed by atoms with van der Waals surface area (Å²) >= 11 is 0. The molecule has 1 atom stereocenters. The Labute approximate surface area is 122 Å². The molecule has 5 nitrogen and oxygen atoms in total. The zero-order valence-corrected chi connectivity index (χ0v) is 11.4. The first-order valence-electron chi connectivity index (χ1n) is 6.47. The van der Waals surface area contributed by atoms with E-state index in [1.807, 2.05) is 36.2 Å². The van der Waals surface area contributed by atoms with Crippen molar-refractivity contribution in [2.45, 2.75) is 6.10 Å². The highest BCUT2D eigenvalue weighted by Crippen LogP contribution is 2.35. The zero-order chi connectivity index (χ0) is 15.0. The summed E-state index contributed by atoms with van der Waals surface area (Å²) < 4.78 is 0. The van der Waals surface area contributed by atoms with Gasteiger partial charge in [0.05, 0.1) is 11.6 Å². The van der Waals surface area contributed by atoms with E-state index in [4.69, 9.17) is 5.26 Å². The van der Waals surface area contributed by atoms with E-state index < -0.39 is 12.0 Å². The van der Waals surface area contributed by atoms with Crippen LogP contribution in [-0.2, 0) is 4.79 Å². The number of rotatable bonds is 2. The van der Waals surface area contributed by atoms with Crippen LogP contribution in [0.2, 0.25) is 0 Å². The summed E-state index contributed by atoms with van der Waals surface area (Å²) in [6.07, 6.45) is -1.09. The molecule has 21 heavy (non-hydrogen) atoms. The van der Waals surface area contributed by atoms with Crippen LogP contribution in [0, 0.1) is 11.3 Å². The van der Waals surface area contributed by atoms with E-state index in [0.29, 0.717) is 16.8 Å². The van der Waals surface area contributed by atoms with Gasteiger partial charge in [-0.25, -0.2) is 0 Å². The Kier molecular flexibility index (Phi) is 3.09. The fourth-order valence-electron chi connectivity index (χ4n) is 2.35. The molecule has 104 valence electrons. The van der Waals surface area contributed by atoms with Gasteiger partial charge in [-0.2, -0.15) is 5.26 Å². The predicted octanol–water partition coefficient (Wildman–Crippen LogP) is 2.31. The van der Waals surface area contributed by atoms with Crippen molar-refractivity contribution in [2.75, 3.05) is 17.3 Å². The Morgan fingerprint density at radius 3 is 2.52 bits per heavy atom. The molecule has 0 aromatic heterocycles. The number of benzene rings is 2. The van der Waals surface area contributed by atoms with E-state index in [1.54, 1.807) is 18.2 Å². The number of carbonyl (C=O) groups is 1. The van der Waals surface area contributed by atoms with Gasteiger partial charge in [0.25, 0.3) is 5.91 Å². The van der Waals surface area contributed by atoms with E-state index in [2.05, 4.69) is 11.4 Å². The Balaban J connectivity index is 1.92. The lowest BCUT2D eigenvalue weighted by atomic mass is 10.1. The molecule has 0 radical (unpaired) electrons. The minimum atomic E-state index is -1.09. The summed E-state index contributed by atoms with van der Waals surface area (Å²) in [5.74, 6) is -0.400. The topological polar surface area (TPSA) is 76.4 Å². The second-order valence-corrected chi connectivity index (χ2v) is 4.88. The fraction of sp³-hybridized carbons (Fsp3) is 0.125. The summed E-state index contributed by atoms with van der Waals surface area (Å²) in [5.41, 5.74) is 3.64. The second kappa shape index (κ2) is 4.93. The van der Waals surface area contributed by atoms with E-state index >= 15 is 0 Å². The number of aliphatic hydroxyl groups is 1. The standard InChI is InChI=1S/C16H13N3O2/c1-19(11-4-2-10(9-17)3-5-11)12-6-7-13-14(8-12)18-16(21)15(13)20/h2-8,15,20H,1H3,(H,18,21). The van der Waals surface area contributed by atoms with Crippen molar-refractivity contribution >= 4 is 23.0 Å². The number of amides is 1. The molecule has 2 N–H and O–H groups in total. The van der Waals surface area contributed by atoms with Gasteiger partial charge in [0.2, 0.25) is 0 Å². The first kappa shape index (κ1) is 13.2. The first-order valence-corrected chi connectivity index (χ1v) is 6.47. The highest BCUT2D eigenvalue weighted by molar-refractivity contribution is 6.02. The number of aliphatic hydroxyl groups excluding tert-OH is 1. The Morgan fingerprint density at radius 2 is 1.86 bits per heavy atom. The Bertz CT molecular complexity index is 747. The van der Waals surface area contributed by atoms with Gasteiger partial charge in [-0.3, -0.25) is 4.79 Å². The van der Waals surface area contributed by atoms with Crippen LogP contribution < -0.4 is 10.2 Å². The summed E-state index contributed by atoms with van der Waals surface area (Å²) in [4.78, 5) is 13.4. The predicted molar refractivity (Wildman–Crippen MR) is 79.3 cm³/mol. The third kappa shape index (κ3) is 2.22. The number of hydrogen-bond acceptors (Lipinski definition) is 4. The van der Waals surface area contributed by atoms with Crippen LogP contribution in [0.1, 0.15) is 17.2 Å². The molecule has 0 aliphatic carbocycles. The Hall–Kier alpha value is -2.84. The van der Waals surface area contributed by atoms with E-state index in [9.17, 15) is 9.90 Å². The summed E-state index contributed by atoms with van der Waals surface area (Å²) in [7, 11) is 1.90. The molecule has 0 fully saturated rings. The number of nitrogens with one attached hydrogen (secondary N) is 1. The lowest BCUT2D eigenvalue weighted by Crippen LogP contribution is -2.10. The molecule has 0 bridgehead atoms. The molecule has 1 aliphatic heterocycles. The number of carbonyl (C=O) groups excluding carboxylic acids is 1. The van der Waals surface area contributed by atoms with Crippen molar-refractivity contribution in [3.8, 4) is 6.07 Å². The van der Waals surface area contributed by atoms with Gasteiger partial charge in [0.1, 0.15) is 0 Å². The highest BCUT2D eigenvalue weighted by Gasteiger charge is 2.28. The molecule has 1 heterocycles. The number of hydrogen-bond donors (Lipinski definition) is 2. The molecule has 0 spiro atoms. The summed E-state index contributed by atoms with van der Waals surface area (Å²) in [6.45, 7) is 0. The van der Waals surface area contributed by atoms with Crippen LogP contribution in [0.3, 0.4) is 0 Å². The van der Waals surface area contributed by atoms with Gasteiger partial charge < -0.3 is 15.3 Å². The van der Waals surface area contributed by atoms with E-state index in [1.165, 1.54) is 0 Å². The van der Waals surface area contributed by atoms with Crippen molar-refractivity contribution in [1.82, 2.24) is 0 Å². The maximum atomic E-state index is 11.4. The summed E-state index contributed by atoms with van der Waals surface area (Å²) in [5, 5.41) is 21.2. The van der Waals surface area contributed by atoms with Crippen LogP contribution in [0.5, 0.6) is 0 Å². The van der Waals surface area contributed by atoms with Crippen molar-refractivity contribution in [2.24, 2.45) is 0 Å². The van der Waals surface area contributed by atoms with Gasteiger partial charge in [-0.05, 0) is 36.4 Å². The van der Waals surface area contributed by atoms with Crippen LogP contribution in [0.4, 0.5) is 17.1 Å². The fourth-order valence-corrected chi connectivity index (χ4v) is 2.35. The van der Waals surface area contributed by atoms with Crippen molar-refractivity contribution in [1.29, 1.82) is 5.26 Å². The third-order valence-corrected chi connectivity index (χ3v) is 3.61. The molecule has 2 aromatic rings. The maximum Gasteiger partial charge on any atom is 0.257 e. The molecule has 1 amide bonds. The van der Waals surface area contributed by atoms with E-state index in [0.717, 1.165) is 11.4 Å². The molecule has 5 heteroatoms. The normalized spacial score (nSPS) is 16.0. The van der Waals surface area contributed by atoms with Gasteiger partial charge in [0, 0.05) is 29.7 Å². The number of fused-ring (bicyclic) bond motifs is 1. The zero-order valence-electron chi connectivity index (χ0n) is 11.4. The lowest BCUT2D eigenvalue weighted by molar-refractivity contribution is -0.123. The molecule has 0 saturated heterocycles. The van der Waals surface area contributed by atoms with Gasteiger partial charge >= 0.3 is 0 Å². The van der Waals surface area contributed by atoms with E-state index in [-0.39, 0.29) is 0 Å². The smallest absolute Gasteiger partial charge is 0.257 e. The average molecular weight is 279 g/mol. The van der Waals surface area contributed by atoms with Gasteiger partial charge in [-0.15, -0.1) is 0 Å². The number of nitrogens with zero attached hydrogens (tertiary/aromatic N) is 2. The molecule has 0 saturated carbocycles. The largest absolute Gasteiger partial charge is 0.378 e.